The lowest BCUT2D eigenvalue weighted by Crippen LogP contribution is -1.92. The number of thiophene rings is 1. The van der Waals surface area contributed by atoms with E-state index in [1.54, 1.807) is 17.4 Å². The lowest BCUT2D eigenvalue weighted by Gasteiger charge is -1.87. The number of ether oxygens (including phenoxy) is 1. The Morgan fingerprint density at radius 2 is 2.23 bits per heavy atom. The standard InChI is InChI=1S/C10H12O2S/c1-7-6-9(13-8(7)2)4-5-10(11)12-3/h4-6H,1-3H3/b5-4+. The van der Waals surface area contributed by atoms with Gasteiger partial charge in [-0.1, -0.05) is 0 Å². The van der Waals surface area contributed by atoms with Gasteiger partial charge >= 0.3 is 5.97 Å². The van der Waals surface area contributed by atoms with Gasteiger partial charge in [-0.15, -0.1) is 11.3 Å². The predicted molar refractivity (Wildman–Crippen MR) is 54.8 cm³/mol. The van der Waals surface area contributed by atoms with Gasteiger partial charge in [0.25, 0.3) is 0 Å². The molecule has 2 nitrogen and oxygen atoms in total. The molecule has 0 saturated carbocycles. The summed E-state index contributed by atoms with van der Waals surface area (Å²) >= 11 is 1.67. The molecule has 1 aromatic rings. The normalized spacial score (nSPS) is 10.7. The van der Waals surface area contributed by atoms with Gasteiger partial charge in [0.05, 0.1) is 7.11 Å². The minimum Gasteiger partial charge on any atom is -0.466 e. The summed E-state index contributed by atoms with van der Waals surface area (Å²) in [5.41, 5.74) is 1.26. The zero-order valence-electron chi connectivity index (χ0n) is 7.96. The van der Waals surface area contributed by atoms with E-state index in [1.165, 1.54) is 23.6 Å². The van der Waals surface area contributed by atoms with Crippen molar-refractivity contribution >= 4 is 23.4 Å². The van der Waals surface area contributed by atoms with Crippen molar-refractivity contribution in [2.45, 2.75) is 13.8 Å². The average Bonchev–Trinajstić information content (AvgIpc) is 2.42. The molecule has 70 valence electrons. The summed E-state index contributed by atoms with van der Waals surface area (Å²) in [5, 5.41) is 0. The second kappa shape index (κ2) is 4.23. The third kappa shape index (κ3) is 2.70. The van der Waals surface area contributed by atoms with Crippen LogP contribution in [-0.2, 0) is 9.53 Å². The topological polar surface area (TPSA) is 26.3 Å². The molecule has 1 rings (SSSR count). The van der Waals surface area contributed by atoms with Crippen LogP contribution < -0.4 is 0 Å². The van der Waals surface area contributed by atoms with Crippen LogP contribution in [0.2, 0.25) is 0 Å². The van der Waals surface area contributed by atoms with E-state index in [0.717, 1.165) is 4.88 Å². The summed E-state index contributed by atoms with van der Waals surface area (Å²) < 4.78 is 4.49. The van der Waals surface area contributed by atoms with Crippen molar-refractivity contribution in [1.82, 2.24) is 0 Å². The first kappa shape index (κ1) is 9.99. The minimum atomic E-state index is -0.316. The van der Waals surface area contributed by atoms with Crippen LogP contribution in [0.4, 0.5) is 0 Å². The molecule has 0 N–H and O–H groups in total. The van der Waals surface area contributed by atoms with Crippen molar-refractivity contribution in [2.24, 2.45) is 0 Å². The summed E-state index contributed by atoms with van der Waals surface area (Å²) in [6.45, 7) is 4.12. The van der Waals surface area contributed by atoms with Gasteiger partial charge in [-0.05, 0) is 31.6 Å². The van der Waals surface area contributed by atoms with E-state index < -0.39 is 0 Å². The molecule has 0 radical (unpaired) electrons. The van der Waals surface area contributed by atoms with Gasteiger partial charge in [-0.3, -0.25) is 0 Å². The summed E-state index contributed by atoms with van der Waals surface area (Å²) in [5.74, 6) is -0.316. The molecule has 0 spiro atoms. The third-order valence-electron chi connectivity index (χ3n) is 1.77. The van der Waals surface area contributed by atoms with Crippen molar-refractivity contribution in [3.8, 4) is 0 Å². The van der Waals surface area contributed by atoms with E-state index in [2.05, 4.69) is 24.7 Å². The molecule has 1 aromatic heterocycles. The van der Waals surface area contributed by atoms with Crippen LogP contribution in [0.5, 0.6) is 0 Å². The Hall–Kier alpha value is -1.09. The molecule has 0 atom stereocenters. The zero-order valence-corrected chi connectivity index (χ0v) is 8.77. The van der Waals surface area contributed by atoms with Crippen LogP contribution in [0, 0.1) is 13.8 Å². The molecular weight excluding hydrogens is 184 g/mol. The molecule has 0 aliphatic carbocycles. The van der Waals surface area contributed by atoms with E-state index in [4.69, 9.17) is 0 Å². The molecule has 1 heterocycles. The van der Waals surface area contributed by atoms with E-state index in [-0.39, 0.29) is 5.97 Å². The smallest absolute Gasteiger partial charge is 0.330 e. The highest BCUT2D eigenvalue weighted by molar-refractivity contribution is 7.13. The fourth-order valence-electron chi connectivity index (χ4n) is 0.902. The second-order valence-corrected chi connectivity index (χ2v) is 4.03. The van der Waals surface area contributed by atoms with Crippen LogP contribution in [0.25, 0.3) is 6.08 Å². The van der Waals surface area contributed by atoms with Gasteiger partial charge in [0.15, 0.2) is 0 Å². The van der Waals surface area contributed by atoms with Gasteiger partial charge in [-0.25, -0.2) is 4.79 Å². The van der Waals surface area contributed by atoms with Gasteiger partial charge in [0, 0.05) is 15.8 Å². The molecule has 0 bridgehead atoms. The van der Waals surface area contributed by atoms with Gasteiger partial charge < -0.3 is 4.74 Å². The van der Waals surface area contributed by atoms with Crippen LogP contribution in [0.1, 0.15) is 15.3 Å². The fraction of sp³-hybridized carbons (Fsp3) is 0.300. The number of carbonyl (C=O) groups is 1. The monoisotopic (exact) mass is 196 g/mol. The third-order valence-corrected chi connectivity index (χ3v) is 2.89. The number of aryl methyl sites for hydroxylation is 2. The van der Waals surface area contributed by atoms with Crippen molar-refractivity contribution in [1.29, 1.82) is 0 Å². The van der Waals surface area contributed by atoms with Crippen molar-refractivity contribution in [3.05, 3.63) is 27.5 Å². The maximum atomic E-state index is 10.8. The van der Waals surface area contributed by atoms with Crippen LogP contribution in [-0.4, -0.2) is 13.1 Å². The van der Waals surface area contributed by atoms with Crippen molar-refractivity contribution in [3.63, 3.8) is 0 Å². The Morgan fingerprint density at radius 1 is 1.54 bits per heavy atom. The quantitative estimate of drug-likeness (QED) is 0.536. The van der Waals surface area contributed by atoms with Crippen molar-refractivity contribution < 1.29 is 9.53 Å². The number of hydrogen-bond acceptors (Lipinski definition) is 3. The maximum Gasteiger partial charge on any atom is 0.330 e. The number of esters is 1. The first-order chi connectivity index (χ1) is 6.13. The summed E-state index contributed by atoms with van der Waals surface area (Å²) in [6, 6.07) is 2.06. The van der Waals surface area contributed by atoms with Gasteiger partial charge in [-0.2, -0.15) is 0 Å². The SMILES string of the molecule is COC(=O)/C=C/c1cc(C)c(C)s1. The van der Waals surface area contributed by atoms with Crippen LogP contribution in [0.15, 0.2) is 12.1 Å². The average molecular weight is 196 g/mol. The second-order valence-electron chi connectivity index (χ2n) is 2.74. The predicted octanol–water partition coefficient (Wildman–Crippen LogP) is 2.55. The Bertz CT molecular complexity index is 317. The highest BCUT2D eigenvalue weighted by Gasteiger charge is 1.98. The summed E-state index contributed by atoms with van der Waals surface area (Å²) in [4.78, 5) is 13.1. The maximum absolute atomic E-state index is 10.8. The fourth-order valence-corrected chi connectivity index (χ4v) is 1.85. The first-order valence-corrected chi connectivity index (χ1v) is 4.78. The zero-order chi connectivity index (χ0) is 9.84. The molecule has 3 heteroatoms. The van der Waals surface area contributed by atoms with Gasteiger partial charge in [0.2, 0.25) is 0 Å². The molecule has 0 aliphatic heterocycles. The number of methoxy groups -OCH3 is 1. The van der Waals surface area contributed by atoms with E-state index in [9.17, 15) is 4.79 Å². The molecule has 0 aliphatic rings. The number of hydrogen-bond donors (Lipinski definition) is 0. The first-order valence-electron chi connectivity index (χ1n) is 3.96. The molecule has 13 heavy (non-hydrogen) atoms. The Kier molecular flexibility index (Phi) is 3.25. The number of rotatable bonds is 2. The lowest BCUT2D eigenvalue weighted by molar-refractivity contribution is -0.134. The lowest BCUT2D eigenvalue weighted by atomic mass is 10.3. The molecule has 0 saturated heterocycles. The molecular formula is C10H12O2S. The summed E-state index contributed by atoms with van der Waals surface area (Å²) in [6.07, 6.45) is 3.21. The Morgan fingerprint density at radius 3 is 2.69 bits per heavy atom. The van der Waals surface area contributed by atoms with Gasteiger partial charge in [0.1, 0.15) is 0 Å². The van der Waals surface area contributed by atoms with Crippen molar-refractivity contribution in [2.75, 3.05) is 7.11 Å². The highest BCUT2D eigenvalue weighted by atomic mass is 32.1. The minimum absolute atomic E-state index is 0.316. The Labute approximate surface area is 81.8 Å². The van der Waals surface area contributed by atoms with Crippen LogP contribution in [0.3, 0.4) is 0 Å². The molecule has 0 amide bonds. The summed E-state index contributed by atoms with van der Waals surface area (Å²) in [7, 11) is 1.37. The van der Waals surface area contributed by atoms with Crippen LogP contribution >= 0.6 is 11.3 Å². The highest BCUT2D eigenvalue weighted by Crippen LogP contribution is 2.21. The van der Waals surface area contributed by atoms with E-state index in [0.29, 0.717) is 0 Å². The van der Waals surface area contributed by atoms with E-state index in [1.807, 2.05) is 0 Å². The largest absolute Gasteiger partial charge is 0.466 e. The van der Waals surface area contributed by atoms with E-state index >= 15 is 0 Å². The molecule has 0 unspecified atom stereocenters. The Balaban J connectivity index is 2.74. The molecule has 0 aromatic carbocycles. The molecule has 0 fully saturated rings. The number of carbonyl (C=O) groups excluding carboxylic acids is 1.